The predicted octanol–water partition coefficient (Wildman–Crippen LogP) is 13.1. The van der Waals surface area contributed by atoms with Gasteiger partial charge in [-0.15, -0.1) is 0 Å². The third-order valence-corrected chi connectivity index (χ3v) is 10.6. The van der Waals surface area contributed by atoms with Crippen LogP contribution in [0.25, 0.3) is 44.2 Å². The maximum absolute atomic E-state index is 6.45. The summed E-state index contributed by atoms with van der Waals surface area (Å²) in [7, 11) is 0. The Morgan fingerprint density at radius 3 is 1.65 bits per heavy atom. The molecule has 0 radical (unpaired) electrons. The number of para-hydroxylation sites is 3. The van der Waals surface area contributed by atoms with Crippen LogP contribution in [0.3, 0.4) is 0 Å². The van der Waals surface area contributed by atoms with E-state index in [1.807, 2.05) is 12.1 Å². The Hall–Kier alpha value is -6.64. The summed E-state index contributed by atoms with van der Waals surface area (Å²) in [6.07, 6.45) is 0. The fourth-order valence-electron chi connectivity index (χ4n) is 8.38. The highest BCUT2D eigenvalue weighted by Gasteiger charge is 2.45. The molecule has 2 nitrogen and oxygen atoms in total. The zero-order valence-electron chi connectivity index (χ0n) is 27.9. The smallest absolute Gasteiger partial charge is 0.143 e. The van der Waals surface area contributed by atoms with E-state index in [1.165, 1.54) is 33.4 Å². The Bertz CT molecular complexity index is 2640. The van der Waals surface area contributed by atoms with E-state index < -0.39 is 5.41 Å². The van der Waals surface area contributed by atoms with Gasteiger partial charge in [0, 0.05) is 33.4 Å². The van der Waals surface area contributed by atoms with Crippen LogP contribution in [0.15, 0.2) is 205 Å². The first-order valence-electron chi connectivity index (χ1n) is 17.5. The largest absolute Gasteiger partial charge is 0.455 e. The lowest BCUT2D eigenvalue weighted by Crippen LogP contribution is -2.28. The van der Waals surface area contributed by atoms with Gasteiger partial charge in [-0.05, 0) is 81.4 Å². The van der Waals surface area contributed by atoms with Crippen molar-refractivity contribution in [3.8, 4) is 22.3 Å². The van der Waals surface area contributed by atoms with Gasteiger partial charge in [-0.25, -0.2) is 0 Å². The fourth-order valence-corrected chi connectivity index (χ4v) is 8.38. The summed E-state index contributed by atoms with van der Waals surface area (Å²) < 4.78 is 6.45. The first-order chi connectivity index (χ1) is 25.3. The Morgan fingerprint density at radius 2 is 0.902 bits per heavy atom. The Balaban J connectivity index is 1.13. The molecule has 8 aromatic carbocycles. The van der Waals surface area contributed by atoms with E-state index in [4.69, 9.17) is 4.42 Å². The average molecular weight is 652 g/mol. The Labute approximate surface area is 297 Å². The van der Waals surface area contributed by atoms with Crippen LogP contribution in [-0.4, -0.2) is 0 Å². The monoisotopic (exact) mass is 651 g/mol. The molecule has 10 rings (SSSR count). The van der Waals surface area contributed by atoms with E-state index in [2.05, 4.69) is 193 Å². The maximum atomic E-state index is 6.45. The van der Waals surface area contributed by atoms with Crippen LogP contribution in [0.2, 0.25) is 0 Å². The summed E-state index contributed by atoms with van der Waals surface area (Å²) in [5.74, 6) is 0. The molecule has 9 aromatic rings. The first-order valence-corrected chi connectivity index (χ1v) is 17.5. The van der Waals surface area contributed by atoms with Gasteiger partial charge in [0.15, 0.2) is 0 Å². The number of fused-ring (bicyclic) bond motifs is 6. The molecule has 51 heavy (non-hydrogen) atoms. The van der Waals surface area contributed by atoms with Crippen molar-refractivity contribution < 1.29 is 4.42 Å². The SMILES string of the molecule is c1ccc(N(c2ccc(C3(c4ccccc4)c4ccccc4-c4ccccc43)cc2)c2cccc(-c3cccc4c3oc3ccccc34)c2)cc1. The van der Waals surface area contributed by atoms with Crippen LogP contribution in [0.5, 0.6) is 0 Å². The summed E-state index contributed by atoms with van der Waals surface area (Å²) in [6, 6.07) is 72.1. The zero-order chi connectivity index (χ0) is 33.8. The second-order valence-electron chi connectivity index (χ2n) is 13.3. The van der Waals surface area contributed by atoms with E-state index in [1.54, 1.807) is 0 Å². The zero-order valence-corrected chi connectivity index (χ0v) is 27.9. The number of anilines is 3. The van der Waals surface area contributed by atoms with Crippen LogP contribution in [0.1, 0.15) is 22.3 Å². The van der Waals surface area contributed by atoms with Crippen molar-refractivity contribution in [2.24, 2.45) is 0 Å². The molecular weight excluding hydrogens is 619 g/mol. The summed E-state index contributed by atoms with van der Waals surface area (Å²) >= 11 is 0. The maximum Gasteiger partial charge on any atom is 0.143 e. The van der Waals surface area contributed by atoms with E-state index in [-0.39, 0.29) is 0 Å². The summed E-state index contributed by atoms with van der Waals surface area (Å²) in [6.45, 7) is 0. The van der Waals surface area contributed by atoms with Gasteiger partial charge in [-0.3, -0.25) is 0 Å². The molecule has 0 saturated heterocycles. The van der Waals surface area contributed by atoms with Gasteiger partial charge in [-0.2, -0.15) is 0 Å². The van der Waals surface area contributed by atoms with Crippen molar-refractivity contribution in [1.29, 1.82) is 0 Å². The van der Waals surface area contributed by atoms with Crippen molar-refractivity contribution in [3.05, 3.63) is 222 Å². The van der Waals surface area contributed by atoms with E-state index in [0.717, 1.165) is 50.1 Å². The number of nitrogens with zero attached hydrogens (tertiary/aromatic N) is 1. The highest BCUT2D eigenvalue weighted by atomic mass is 16.3. The van der Waals surface area contributed by atoms with Crippen molar-refractivity contribution in [2.75, 3.05) is 4.90 Å². The van der Waals surface area contributed by atoms with Gasteiger partial charge < -0.3 is 9.32 Å². The van der Waals surface area contributed by atoms with Gasteiger partial charge in [-0.1, -0.05) is 158 Å². The van der Waals surface area contributed by atoms with Gasteiger partial charge in [0.2, 0.25) is 0 Å². The van der Waals surface area contributed by atoms with Crippen LogP contribution >= 0.6 is 0 Å². The molecule has 0 amide bonds. The molecule has 1 aliphatic rings. The first kappa shape index (κ1) is 29.3. The lowest BCUT2D eigenvalue weighted by molar-refractivity contribution is 0.670. The molecule has 0 spiro atoms. The standard InChI is InChI=1S/C49H33NO/c1-3-16-35(17-4-1)49(45-26-10-7-21-41(45)42-22-8-11-27-46(42)49)36-29-31-38(32-30-36)50(37-18-5-2-6-19-37)39-20-13-15-34(33-39)40-24-14-25-44-43-23-9-12-28-47(43)51-48(40)44/h1-33H. The molecule has 0 aliphatic heterocycles. The number of furan rings is 1. The molecule has 0 bridgehead atoms. The van der Waals surface area contributed by atoms with E-state index in [9.17, 15) is 0 Å². The molecule has 1 aromatic heterocycles. The lowest BCUT2D eigenvalue weighted by Gasteiger charge is -2.34. The highest BCUT2D eigenvalue weighted by molar-refractivity contribution is 6.09. The minimum absolute atomic E-state index is 0.435. The number of rotatable bonds is 6. The molecule has 0 N–H and O–H groups in total. The molecule has 240 valence electrons. The molecule has 0 fully saturated rings. The van der Waals surface area contributed by atoms with Crippen LogP contribution in [0.4, 0.5) is 17.1 Å². The van der Waals surface area contributed by atoms with Crippen LogP contribution in [-0.2, 0) is 5.41 Å². The topological polar surface area (TPSA) is 16.4 Å². The molecular formula is C49H33NO. The third-order valence-electron chi connectivity index (χ3n) is 10.6. The summed E-state index contributed by atoms with van der Waals surface area (Å²) in [4.78, 5) is 2.35. The molecule has 0 saturated carbocycles. The molecule has 1 aliphatic carbocycles. The number of hydrogen-bond donors (Lipinski definition) is 0. The minimum atomic E-state index is -0.435. The third kappa shape index (κ3) is 4.50. The molecule has 0 unspecified atom stereocenters. The van der Waals surface area contributed by atoms with Crippen LogP contribution in [0, 0.1) is 0 Å². The van der Waals surface area contributed by atoms with Gasteiger partial charge >= 0.3 is 0 Å². The van der Waals surface area contributed by atoms with Crippen LogP contribution < -0.4 is 4.90 Å². The summed E-state index contributed by atoms with van der Waals surface area (Å²) in [5.41, 5.74) is 14.6. The summed E-state index contributed by atoms with van der Waals surface area (Å²) in [5, 5.41) is 2.27. The van der Waals surface area contributed by atoms with Crippen molar-refractivity contribution in [3.63, 3.8) is 0 Å². The number of hydrogen-bond acceptors (Lipinski definition) is 2. The van der Waals surface area contributed by atoms with Gasteiger partial charge in [0.1, 0.15) is 11.2 Å². The molecule has 2 heteroatoms. The highest BCUT2D eigenvalue weighted by Crippen LogP contribution is 2.56. The van der Waals surface area contributed by atoms with E-state index in [0.29, 0.717) is 0 Å². The molecule has 0 atom stereocenters. The Morgan fingerprint density at radius 1 is 0.373 bits per heavy atom. The predicted molar refractivity (Wildman–Crippen MR) is 211 cm³/mol. The second-order valence-corrected chi connectivity index (χ2v) is 13.3. The quantitative estimate of drug-likeness (QED) is 0.178. The fraction of sp³-hybridized carbons (Fsp3) is 0.0204. The minimum Gasteiger partial charge on any atom is -0.455 e. The normalized spacial score (nSPS) is 12.9. The number of benzene rings is 8. The average Bonchev–Trinajstić information content (AvgIpc) is 3.74. The van der Waals surface area contributed by atoms with Crippen molar-refractivity contribution in [2.45, 2.75) is 5.41 Å². The Kier molecular flexibility index (Phi) is 6.75. The lowest BCUT2D eigenvalue weighted by atomic mass is 9.68. The second kappa shape index (κ2) is 11.8. The van der Waals surface area contributed by atoms with Gasteiger partial charge in [0.25, 0.3) is 0 Å². The molecule has 1 heterocycles. The van der Waals surface area contributed by atoms with Gasteiger partial charge in [0.05, 0.1) is 5.41 Å². The van der Waals surface area contributed by atoms with Crippen molar-refractivity contribution >= 4 is 39.0 Å². The van der Waals surface area contributed by atoms with Crippen molar-refractivity contribution in [1.82, 2.24) is 0 Å². The van der Waals surface area contributed by atoms with E-state index >= 15 is 0 Å².